The average molecular weight is 316 g/mol. The minimum absolute atomic E-state index is 0.430. The van der Waals surface area contributed by atoms with E-state index in [1.165, 1.54) is 11.3 Å². The van der Waals surface area contributed by atoms with Crippen molar-refractivity contribution in [2.24, 2.45) is 0 Å². The summed E-state index contributed by atoms with van der Waals surface area (Å²) in [5, 5.41) is 1.69. The number of amides is 1. The van der Waals surface area contributed by atoms with Gasteiger partial charge < -0.3 is 4.74 Å². The summed E-state index contributed by atoms with van der Waals surface area (Å²) in [6, 6.07) is 3.23. The van der Waals surface area contributed by atoms with Crippen LogP contribution in [0.5, 0.6) is 0 Å². The van der Waals surface area contributed by atoms with Crippen LogP contribution in [0.3, 0.4) is 0 Å². The number of thiophene rings is 1. The van der Waals surface area contributed by atoms with Gasteiger partial charge in [0.25, 0.3) is 5.91 Å². The molecule has 4 nitrogen and oxygen atoms in total. The third kappa shape index (κ3) is 4.71. The Morgan fingerprint density at radius 1 is 1.47 bits per heavy atom. The fourth-order valence-corrected chi connectivity index (χ4v) is 2.02. The highest BCUT2D eigenvalue weighted by molar-refractivity contribution is 7.10. The predicted molar refractivity (Wildman–Crippen MR) is 66.4 cm³/mol. The Hall–Kier alpha value is -0.490. The first kappa shape index (κ1) is 14.6. The summed E-state index contributed by atoms with van der Waals surface area (Å²) in [7, 11) is 0. The van der Waals surface area contributed by atoms with Crippen LogP contribution in [0.15, 0.2) is 17.5 Å². The number of hydrogen-bond donors (Lipinski definition) is 0. The normalized spacial score (nSPS) is 13.1. The predicted octanol–water partition coefficient (Wildman–Crippen LogP) is 2.55. The molecule has 0 spiro atoms. The largest absolute Gasteiger partial charge is 0.460 e. The zero-order valence-electron chi connectivity index (χ0n) is 8.28. The molecule has 1 rings (SSSR count). The smallest absolute Gasteiger partial charge is 0.324 e. The van der Waals surface area contributed by atoms with Crippen molar-refractivity contribution in [2.45, 2.75) is 9.71 Å². The molecule has 1 unspecified atom stereocenters. The Labute approximate surface area is 117 Å². The van der Waals surface area contributed by atoms with E-state index in [1.807, 2.05) is 0 Å². The Kier molecular flexibility index (Phi) is 5.06. The quantitative estimate of drug-likeness (QED) is 0.487. The number of rotatable bonds is 4. The molecular weight excluding hydrogens is 309 g/mol. The van der Waals surface area contributed by atoms with E-state index >= 15 is 0 Å². The summed E-state index contributed by atoms with van der Waals surface area (Å²) >= 11 is 17.4. The van der Waals surface area contributed by atoms with Crippen LogP contribution in [-0.2, 0) is 14.3 Å². The van der Waals surface area contributed by atoms with Gasteiger partial charge in [0.2, 0.25) is 3.79 Å². The van der Waals surface area contributed by atoms with Crippen LogP contribution >= 0.6 is 46.1 Å². The molecule has 0 aromatic carbocycles. The van der Waals surface area contributed by atoms with Gasteiger partial charge in [-0.2, -0.15) is 0 Å². The van der Waals surface area contributed by atoms with Gasteiger partial charge in [0.05, 0.1) is 0 Å². The third-order valence-corrected chi connectivity index (χ3v) is 2.97. The summed E-state index contributed by atoms with van der Waals surface area (Å²) < 4.78 is 2.95. The average Bonchev–Trinajstić information content (AvgIpc) is 2.66. The Morgan fingerprint density at radius 3 is 2.53 bits per heavy atom. The maximum atomic E-state index is 11.6. The fraction of sp³-hybridized carbons (Fsp3) is 0.333. The highest BCUT2D eigenvalue weighted by Gasteiger charge is 2.32. The number of carbonyl (C=O) groups is 2. The molecule has 93 valence electrons. The molecular formula is C9H7Cl3NO3S. The number of halogens is 3. The van der Waals surface area contributed by atoms with Gasteiger partial charge in [-0.3, -0.25) is 15.3 Å². The number of carbonyl (C=O) groups excluding carboxylic acids is 2. The van der Waals surface area contributed by atoms with Crippen LogP contribution in [0, 0.1) is 0 Å². The maximum absolute atomic E-state index is 11.6. The lowest BCUT2D eigenvalue weighted by Crippen LogP contribution is -2.27. The van der Waals surface area contributed by atoms with Crippen molar-refractivity contribution in [3.8, 4) is 0 Å². The molecule has 0 saturated heterocycles. The highest BCUT2D eigenvalue weighted by atomic mass is 35.6. The van der Waals surface area contributed by atoms with E-state index in [-0.39, 0.29) is 0 Å². The van der Waals surface area contributed by atoms with Crippen molar-refractivity contribution in [1.29, 1.82) is 0 Å². The summed E-state index contributed by atoms with van der Waals surface area (Å²) in [5.41, 5.74) is 7.04. The fourth-order valence-electron chi connectivity index (χ4n) is 1.04. The molecule has 0 aliphatic carbocycles. The molecule has 0 fully saturated rings. The van der Waals surface area contributed by atoms with E-state index in [4.69, 9.17) is 40.5 Å². The molecule has 0 saturated carbocycles. The van der Waals surface area contributed by atoms with E-state index in [2.05, 4.69) is 4.74 Å². The van der Waals surface area contributed by atoms with E-state index in [0.29, 0.717) is 4.88 Å². The molecule has 0 aliphatic rings. The monoisotopic (exact) mass is 314 g/mol. The Morgan fingerprint density at radius 2 is 2.12 bits per heavy atom. The number of nitrogens with one attached hydrogen (secondary N) is 1. The van der Waals surface area contributed by atoms with Crippen molar-refractivity contribution in [3.05, 3.63) is 22.4 Å². The number of ether oxygens (including phenoxy) is 1. The zero-order chi connectivity index (χ0) is 13.1. The molecule has 8 heteroatoms. The molecule has 1 aromatic heterocycles. The van der Waals surface area contributed by atoms with Gasteiger partial charge in [-0.25, -0.2) is 0 Å². The van der Waals surface area contributed by atoms with E-state index in [9.17, 15) is 9.59 Å². The Bertz CT molecular complexity index is 402. The second-order valence-corrected chi connectivity index (χ2v) is 6.53. The first-order chi connectivity index (χ1) is 7.81. The van der Waals surface area contributed by atoms with Crippen molar-refractivity contribution in [1.82, 2.24) is 5.73 Å². The van der Waals surface area contributed by atoms with Crippen LogP contribution in [0.2, 0.25) is 0 Å². The minimum atomic E-state index is -1.74. The van der Waals surface area contributed by atoms with Gasteiger partial charge in [0, 0.05) is 4.88 Å². The van der Waals surface area contributed by atoms with Gasteiger partial charge in [-0.1, -0.05) is 40.9 Å². The molecule has 1 radical (unpaired) electrons. The maximum Gasteiger partial charge on any atom is 0.324 e. The van der Waals surface area contributed by atoms with Crippen LogP contribution in [0.1, 0.15) is 10.8 Å². The summed E-state index contributed by atoms with van der Waals surface area (Å²) in [4.78, 5) is 23.1. The highest BCUT2D eigenvalue weighted by Crippen LogP contribution is 2.28. The van der Waals surface area contributed by atoms with Gasteiger partial charge in [-0.05, 0) is 11.4 Å². The number of alkyl halides is 3. The van der Waals surface area contributed by atoms with Gasteiger partial charge in [0.1, 0.15) is 6.61 Å². The summed E-state index contributed by atoms with van der Waals surface area (Å²) in [5.74, 6) is -3.22. The molecule has 17 heavy (non-hydrogen) atoms. The molecule has 1 N–H and O–H groups in total. The molecule has 1 amide bonds. The van der Waals surface area contributed by atoms with Crippen LogP contribution in [0.25, 0.3) is 0 Å². The molecule has 0 aliphatic heterocycles. The van der Waals surface area contributed by atoms with Crippen LogP contribution < -0.4 is 5.73 Å². The van der Waals surface area contributed by atoms with Crippen molar-refractivity contribution >= 4 is 58.0 Å². The topological polar surface area (TPSA) is 67.2 Å². The second-order valence-electron chi connectivity index (χ2n) is 3.04. The van der Waals surface area contributed by atoms with Crippen molar-refractivity contribution in [3.63, 3.8) is 0 Å². The van der Waals surface area contributed by atoms with Crippen molar-refractivity contribution < 1.29 is 14.3 Å². The minimum Gasteiger partial charge on any atom is -0.460 e. The summed E-state index contributed by atoms with van der Waals surface area (Å²) in [6.45, 7) is -0.467. The Balaban J connectivity index is 2.73. The molecule has 0 bridgehead atoms. The lowest BCUT2D eigenvalue weighted by atomic mass is 10.1. The number of esters is 1. The van der Waals surface area contributed by atoms with Gasteiger partial charge in [-0.15, -0.1) is 11.3 Å². The first-order valence-electron chi connectivity index (χ1n) is 4.33. The molecule has 1 aromatic rings. The van der Waals surface area contributed by atoms with E-state index < -0.39 is 28.2 Å². The lowest BCUT2D eigenvalue weighted by Gasteiger charge is -2.14. The third-order valence-electron chi connectivity index (χ3n) is 1.70. The van der Waals surface area contributed by atoms with Gasteiger partial charge in [0.15, 0.2) is 5.92 Å². The summed E-state index contributed by atoms with van der Waals surface area (Å²) in [6.07, 6.45) is 0. The van der Waals surface area contributed by atoms with Crippen molar-refractivity contribution in [2.75, 3.05) is 6.61 Å². The van der Waals surface area contributed by atoms with E-state index in [0.717, 1.165) is 0 Å². The van der Waals surface area contributed by atoms with Crippen LogP contribution in [-0.4, -0.2) is 22.3 Å². The van der Waals surface area contributed by atoms with Crippen LogP contribution in [0.4, 0.5) is 0 Å². The zero-order valence-corrected chi connectivity index (χ0v) is 11.4. The number of hydrogen-bond acceptors (Lipinski definition) is 4. The van der Waals surface area contributed by atoms with E-state index in [1.54, 1.807) is 17.5 Å². The molecule has 1 atom stereocenters. The first-order valence-corrected chi connectivity index (χ1v) is 6.35. The standard InChI is InChI=1S/C9H7Cl3NO3S/c10-9(11,12)4-16-8(15)6(7(13)14)5-2-1-3-17-5/h1-3,6,13H,4H2. The van der Waals surface area contributed by atoms with Gasteiger partial charge >= 0.3 is 5.97 Å². The second kappa shape index (κ2) is 5.91. The SMILES string of the molecule is [NH]C(=O)C(C(=O)OCC(Cl)(Cl)Cl)c1cccs1. The molecule has 1 heterocycles. The lowest BCUT2D eigenvalue weighted by molar-refractivity contribution is -0.148.